The van der Waals surface area contributed by atoms with Gasteiger partial charge in [-0.15, -0.1) is 10.2 Å². The van der Waals surface area contributed by atoms with Crippen LogP contribution in [0.1, 0.15) is 23.2 Å². The first-order chi connectivity index (χ1) is 17.0. The van der Waals surface area contributed by atoms with Crippen LogP contribution < -0.4 is 20.1 Å². The van der Waals surface area contributed by atoms with E-state index in [0.717, 1.165) is 11.3 Å². The molecule has 0 spiro atoms. The molecule has 0 aliphatic heterocycles. The number of aromatic nitrogens is 2. The van der Waals surface area contributed by atoms with Crippen LogP contribution in [0, 0.1) is 0 Å². The van der Waals surface area contributed by atoms with Gasteiger partial charge in [-0.3, -0.25) is 9.59 Å². The fourth-order valence-corrected chi connectivity index (χ4v) is 3.16. The zero-order valence-electron chi connectivity index (χ0n) is 19.2. The first kappa shape index (κ1) is 23.5. The maximum absolute atomic E-state index is 12.5. The molecule has 0 fully saturated rings. The van der Waals surface area contributed by atoms with Crippen LogP contribution in [-0.2, 0) is 11.4 Å². The fraction of sp³-hybridized carbons (Fsp3) is 0.154. The van der Waals surface area contributed by atoms with Crippen LogP contribution in [0.2, 0.25) is 0 Å². The molecule has 1 unspecified atom stereocenters. The Bertz CT molecular complexity index is 1290. The van der Waals surface area contributed by atoms with E-state index in [1.165, 1.54) is 0 Å². The molecular formula is C26H24N4O5. The minimum atomic E-state index is -0.734. The minimum absolute atomic E-state index is 0.0596. The molecule has 9 heteroatoms. The Morgan fingerprint density at radius 1 is 0.943 bits per heavy atom. The lowest BCUT2D eigenvalue weighted by molar-refractivity contribution is -0.117. The number of carbonyl (C=O) groups excluding carboxylic acids is 2. The van der Waals surface area contributed by atoms with Gasteiger partial charge in [0.25, 0.3) is 11.8 Å². The Hall–Kier alpha value is -4.66. The summed E-state index contributed by atoms with van der Waals surface area (Å²) in [6, 6.07) is 22.1. The number of anilines is 1. The maximum atomic E-state index is 12.5. The van der Waals surface area contributed by atoms with Gasteiger partial charge in [-0.05, 0) is 55.5 Å². The lowest BCUT2D eigenvalue weighted by Crippen LogP contribution is -2.41. The maximum Gasteiger partial charge on any atom is 0.254 e. The van der Waals surface area contributed by atoms with Crippen molar-refractivity contribution in [2.24, 2.45) is 0 Å². The molecule has 0 radical (unpaired) electrons. The second kappa shape index (κ2) is 11.0. The van der Waals surface area contributed by atoms with Crippen molar-refractivity contribution < 1.29 is 23.5 Å². The highest BCUT2D eigenvalue weighted by molar-refractivity contribution is 6.01. The molecule has 1 aromatic heterocycles. The lowest BCUT2D eigenvalue weighted by atomic mass is 10.2. The van der Waals surface area contributed by atoms with E-state index >= 15 is 0 Å². The number of carbonyl (C=O) groups is 2. The van der Waals surface area contributed by atoms with E-state index in [4.69, 9.17) is 13.9 Å². The molecule has 35 heavy (non-hydrogen) atoms. The Labute approximate surface area is 202 Å². The molecule has 3 aromatic carbocycles. The fourth-order valence-electron chi connectivity index (χ4n) is 3.16. The van der Waals surface area contributed by atoms with E-state index in [9.17, 15) is 9.59 Å². The van der Waals surface area contributed by atoms with Crippen LogP contribution in [0.15, 0.2) is 83.3 Å². The van der Waals surface area contributed by atoms with Gasteiger partial charge in [0.2, 0.25) is 11.8 Å². The van der Waals surface area contributed by atoms with E-state index < -0.39 is 6.04 Å². The number of nitrogens with zero attached hydrogens (tertiary/aromatic N) is 2. The molecule has 178 valence electrons. The molecule has 0 saturated carbocycles. The highest BCUT2D eigenvalue weighted by atomic mass is 16.5. The molecule has 2 amide bonds. The van der Waals surface area contributed by atoms with E-state index in [0.29, 0.717) is 28.8 Å². The van der Waals surface area contributed by atoms with Gasteiger partial charge in [0, 0.05) is 22.9 Å². The molecule has 4 rings (SSSR count). The molecule has 1 heterocycles. The molecule has 0 bridgehead atoms. The molecule has 4 aromatic rings. The average Bonchev–Trinajstić information content (AvgIpc) is 3.37. The number of nitrogens with one attached hydrogen (secondary N) is 2. The van der Waals surface area contributed by atoms with Crippen molar-refractivity contribution in [2.45, 2.75) is 19.6 Å². The van der Waals surface area contributed by atoms with Crippen molar-refractivity contribution in [3.05, 3.63) is 90.3 Å². The Balaban J connectivity index is 1.31. The van der Waals surface area contributed by atoms with Crippen LogP contribution in [0.4, 0.5) is 5.69 Å². The van der Waals surface area contributed by atoms with Crippen molar-refractivity contribution in [1.29, 1.82) is 0 Å². The van der Waals surface area contributed by atoms with Gasteiger partial charge in [-0.25, -0.2) is 0 Å². The van der Waals surface area contributed by atoms with Crippen molar-refractivity contribution >= 4 is 17.5 Å². The summed E-state index contributed by atoms with van der Waals surface area (Å²) in [5.74, 6) is 1.25. The molecule has 0 saturated heterocycles. The van der Waals surface area contributed by atoms with Crippen LogP contribution in [0.5, 0.6) is 11.5 Å². The van der Waals surface area contributed by atoms with Gasteiger partial charge in [-0.2, -0.15) is 0 Å². The summed E-state index contributed by atoms with van der Waals surface area (Å²) in [6.45, 7) is 1.68. The molecule has 0 aliphatic rings. The first-order valence-electron chi connectivity index (χ1n) is 10.9. The van der Waals surface area contributed by atoms with Crippen molar-refractivity contribution in [1.82, 2.24) is 15.5 Å². The topological polar surface area (TPSA) is 116 Å². The van der Waals surface area contributed by atoms with Gasteiger partial charge in [-0.1, -0.05) is 24.3 Å². The zero-order chi connectivity index (χ0) is 24.6. The summed E-state index contributed by atoms with van der Waals surface area (Å²) in [7, 11) is 1.60. The van der Waals surface area contributed by atoms with Crippen molar-refractivity contribution in [3.63, 3.8) is 0 Å². The van der Waals surface area contributed by atoms with E-state index in [1.807, 2.05) is 30.3 Å². The standard InChI is InChI=1S/C26H24N4O5/c1-17(27-25(32)18-7-4-3-5-8-18)24(31)28-20-9-6-10-22(15-20)34-16-23-29-30-26(35-23)19-11-13-21(33-2)14-12-19/h3-15,17H,16H2,1-2H3,(H,27,32)(H,28,31). The van der Waals surface area contributed by atoms with Crippen LogP contribution >= 0.6 is 0 Å². The van der Waals surface area contributed by atoms with E-state index in [1.54, 1.807) is 62.6 Å². The van der Waals surface area contributed by atoms with Crippen LogP contribution in [0.25, 0.3) is 11.5 Å². The minimum Gasteiger partial charge on any atom is -0.497 e. The summed E-state index contributed by atoms with van der Waals surface area (Å²) < 4.78 is 16.6. The summed E-state index contributed by atoms with van der Waals surface area (Å²) >= 11 is 0. The third-order valence-electron chi connectivity index (χ3n) is 5.04. The number of hydrogen-bond acceptors (Lipinski definition) is 7. The van der Waals surface area contributed by atoms with Gasteiger partial charge in [0.05, 0.1) is 7.11 Å². The predicted octanol–water partition coefficient (Wildman–Crippen LogP) is 4.08. The summed E-state index contributed by atoms with van der Waals surface area (Å²) in [5.41, 5.74) is 1.78. The number of benzene rings is 3. The van der Waals surface area contributed by atoms with Gasteiger partial charge >= 0.3 is 0 Å². The number of amides is 2. The second-order valence-electron chi connectivity index (χ2n) is 7.60. The van der Waals surface area contributed by atoms with Gasteiger partial charge < -0.3 is 24.5 Å². The molecular weight excluding hydrogens is 448 g/mol. The number of hydrogen-bond donors (Lipinski definition) is 2. The number of ether oxygens (including phenoxy) is 2. The van der Waals surface area contributed by atoms with E-state index in [-0.39, 0.29) is 18.4 Å². The highest BCUT2D eigenvalue weighted by Gasteiger charge is 2.17. The normalized spacial score (nSPS) is 11.4. The zero-order valence-corrected chi connectivity index (χ0v) is 19.2. The van der Waals surface area contributed by atoms with Crippen LogP contribution in [-0.4, -0.2) is 35.2 Å². The van der Waals surface area contributed by atoms with Crippen molar-refractivity contribution in [2.75, 3.05) is 12.4 Å². The quantitative estimate of drug-likeness (QED) is 0.377. The van der Waals surface area contributed by atoms with Crippen LogP contribution in [0.3, 0.4) is 0 Å². The predicted molar refractivity (Wildman–Crippen MR) is 129 cm³/mol. The summed E-state index contributed by atoms with van der Waals surface area (Å²) in [4.78, 5) is 24.8. The van der Waals surface area contributed by atoms with Gasteiger partial charge in [0.15, 0.2) is 6.61 Å². The Morgan fingerprint density at radius 3 is 2.46 bits per heavy atom. The molecule has 2 N–H and O–H groups in total. The third-order valence-corrected chi connectivity index (χ3v) is 5.04. The largest absolute Gasteiger partial charge is 0.497 e. The third kappa shape index (κ3) is 6.23. The molecule has 9 nitrogen and oxygen atoms in total. The molecule has 1 atom stereocenters. The van der Waals surface area contributed by atoms with Gasteiger partial charge in [0.1, 0.15) is 17.5 Å². The number of rotatable bonds is 9. The van der Waals surface area contributed by atoms with E-state index in [2.05, 4.69) is 20.8 Å². The Morgan fingerprint density at radius 2 is 1.71 bits per heavy atom. The molecule has 0 aliphatic carbocycles. The lowest BCUT2D eigenvalue weighted by Gasteiger charge is -2.14. The monoisotopic (exact) mass is 472 g/mol. The SMILES string of the molecule is COc1ccc(-c2nnc(COc3cccc(NC(=O)C(C)NC(=O)c4ccccc4)c3)o2)cc1. The summed E-state index contributed by atoms with van der Waals surface area (Å²) in [5, 5.41) is 13.5. The summed E-state index contributed by atoms with van der Waals surface area (Å²) in [6.07, 6.45) is 0. The average molecular weight is 473 g/mol. The Kier molecular flexibility index (Phi) is 7.37. The first-order valence-corrected chi connectivity index (χ1v) is 10.9. The number of methoxy groups -OCH3 is 1. The second-order valence-corrected chi connectivity index (χ2v) is 7.60. The van der Waals surface area contributed by atoms with Crippen molar-refractivity contribution in [3.8, 4) is 23.0 Å². The smallest absolute Gasteiger partial charge is 0.254 e. The highest BCUT2D eigenvalue weighted by Crippen LogP contribution is 2.22.